The zero-order valence-corrected chi connectivity index (χ0v) is 16.0. The van der Waals surface area contributed by atoms with E-state index in [-0.39, 0.29) is 5.91 Å². The van der Waals surface area contributed by atoms with Crippen LogP contribution in [0.25, 0.3) is 0 Å². The molecular formula is C18H25N5O2S. The number of aromatic nitrogens is 1. The third-order valence-corrected chi connectivity index (χ3v) is 5.07. The van der Waals surface area contributed by atoms with Gasteiger partial charge in [0.15, 0.2) is 5.13 Å². The fourth-order valence-corrected chi connectivity index (χ4v) is 3.41. The van der Waals surface area contributed by atoms with E-state index in [0.29, 0.717) is 16.6 Å². The molecule has 8 heteroatoms. The van der Waals surface area contributed by atoms with E-state index in [0.717, 1.165) is 44.2 Å². The molecule has 1 aromatic carbocycles. The number of benzene rings is 1. The Morgan fingerprint density at radius 3 is 2.92 bits per heavy atom. The number of amides is 1. The molecule has 0 saturated carbocycles. The highest BCUT2D eigenvalue weighted by atomic mass is 32.1. The Bertz CT molecular complexity index is 728. The molecule has 2 N–H and O–H groups in total. The maximum Gasteiger partial charge on any atom is 0.263 e. The van der Waals surface area contributed by atoms with Crippen LogP contribution < -0.4 is 15.5 Å². The second-order valence-corrected chi connectivity index (χ2v) is 7.34. The highest BCUT2D eigenvalue weighted by Crippen LogP contribution is 2.25. The molecule has 0 radical (unpaired) electrons. The first-order valence-corrected chi connectivity index (χ1v) is 9.52. The summed E-state index contributed by atoms with van der Waals surface area (Å²) in [7, 11) is 4.00. The standard InChI is InChI=1S/C18H25N5O2S/c1-22(2)15-5-3-4-14(12-15)21-18-20-13-16(26-18)17(24)19-6-7-23-8-10-25-11-9-23/h3-5,12-13H,6-11H2,1-2H3,(H,19,24)(H,20,21). The summed E-state index contributed by atoms with van der Waals surface area (Å²) >= 11 is 1.35. The van der Waals surface area contributed by atoms with Gasteiger partial charge >= 0.3 is 0 Å². The van der Waals surface area contributed by atoms with E-state index in [1.165, 1.54) is 11.3 Å². The molecule has 1 amide bonds. The topological polar surface area (TPSA) is 69.7 Å². The third kappa shape index (κ3) is 5.17. The Morgan fingerprint density at radius 2 is 2.15 bits per heavy atom. The molecule has 1 aromatic heterocycles. The Labute approximate surface area is 158 Å². The van der Waals surface area contributed by atoms with Crippen molar-refractivity contribution in [2.24, 2.45) is 0 Å². The monoisotopic (exact) mass is 375 g/mol. The molecular weight excluding hydrogens is 350 g/mol. The van der Waals surface area contributed by atoms with Crippen LogP contribution in [0.1, 0.15) is 9.67 Å². The molecule has 1 aliphatic rings. The molecule has 140 valence electrons. The van der Waals surface area contributed by atoms with Gasteiger partial charge in [0.25, 0.3) is 5.91 Å². The van der Waals surface area contributed by atoms with Crippen LogP contribution in [-0.2, 0) is 4.74 Å². The molecule has 0 bridgehead atoms. The van der Waals surface area contributed by atoms with Gasteiger partial charge in [-0.2, -0.15) is 0 Å². The summed E-state index contributed by atoms with van der Waals surface area (Å²) in [6.45, 7) is 4.87. The average molecular weight is 375 g/mol. The highest BCUT2D eigenvalue weighted by molar-refractivity contribution is 7.17. The number of nitrogens with one attached hydrogen (secondary N) is 2. The second-order valence-electron chi connectivity index (χ2n) is 6.31. The molecule has 7 nitrogen and oxygen atoms in total. The molecule has 1 fully saturated rings. The lowest BCUT2D eigenvalue weighted by atomic mass is 10.2. The van der Waals surface area contributed by atoms with Crippen molar-refractivity contribution >= 4 is 33.8 Å². The van der Waals surface area contributed by atoms with Crippen molar-refractivity contribution in [2.45, 2.75) is 0 Å². The Kier molecular flexibility index (Phi) is 6.43. The van der Waals surface area contributed by atoms with E-state index in [4.69, 9.17) is 4.74 Å². The maximum atomic E-state index is 12.3. The predicted octanol–water partition coefficient (Wildman–Crippen LogP) is 2.01. The van der Waals surface area contributed by atoms with Gasteiger partial charge in [-0.3, -0.25) is 9.69 Å². The van der Waals surface area contributed by atoms with Crippen LogP contribution in [0.2, 0.25) is 0 Å². The van der Waals surface area contributed by atoms with E-state index in [1.807, 2.05) is 43.3 Å². The van der Waals surface area contributed by atoms with E-state index in [9.17, 15) is 4.79 Å². The van der Waals surface area contributed by atoms with Crippen LogP contribution in [-0.4, -0.2) is 69.3 Å². The van der Waals surface area contributed by atoms with Crippen molar-refractivity contribution in [3.63, 3.8) is 0 Å². The molecule has 0 aliphatic carbocycles. The lowest BCUT2D eigenvalue weighted by Gasteiger charge is -2.26. The first-order valence-electron chi connectivity index (χ1n) is 8.70. The van der Waals surface area contributed by atoms with Gasteiger partial charge in [-0.15, -0.1) is 0 Å². The van der Waals surface area contributed by atoms with Crippen molar-refractivity contribution in [3.8, 4) is 0 Å². The summed E-state index contributed by atoms with van der Waals surface area (Å²) in [5.41, 5.74) is 2.05. The fourth-order valence-electron chi connectivity index (χ4n) is 2.66. The zero-order chi connectivity index (χ0) is 18.4. The molecule has 1 saturated heterocycles. The molecule has 2 heterocycles. The molecule has 1 aliphatic heterocycles. The number of carbonyl (C=O) groups is 1. The number of ether oxygens (including phenoxy) is 1. The quantitative estimate of drug-likeness (QED) is 0.772. The molecule has 3 rings (SSSR count). The summed E-state index contributed by atoms with van der Waals surface area (Å²) in [4.78, 5) is 21.5. The molecule has 0 unspecified atom stereocenters. The van der Waals surface area contributed by atoms with E-state index < -0.39 is 0 Å². The van der Waals surface area contributed by atoms with Crippen molar-refractivity contribution in [2.75, 3.05) is 63.7 Å². The summed E-state index contributed by atoms with van der Waals surface area (Å²) < 4.78 is 5.32. The van der Waals surface area contributed by atoms with Crippen LogP contribution in [0.5, 0.6) is 0 Å². The van der Waals surface area contributed by atoms with Gasteiger partial charge in [-0.05, 0) is 18.2 Å². The summed E-state index contributed by atoms with van der Waals surface area (Å²) in [6.07, 6.45) is 1.62. The first-order chi connectivity index (χ1) is 12.6. The van der Waals surface area contributed by atoms with E-state index >= 15 is 0 Å². The van der Waals surface area contributed by atoms with Gasteiger partial charge < -0.3 is 20.3 Å². The lowest BCUT2D eigenvalue weighted by molar-refractivity contribution is 0.0383. The van der Waals surface area contributed by atoms with Crippen molar-refractivity contribution in [1.82, 2.24) is 15.2 Å². The molecule has 26 heavy (non-hydrogen) atoms. The normalized spacial score (nSPS) is 14.8. The Morgan fingerprint density at radius 1 is 1.35 bits per heavy atom. The van der Waals surface area contributed by atoms with Crippen LogP contribution in [0.4, 0.5) is 16.5 Å². The molecule has 2 aromatic rings. The van der Waals surface area contributed by atoms with E-state index in [1.54, 1.807) is 6.20 Å². The van der Waals surface area contributed by atoms with Crippen LogP contribution in [0.3, 0.4) is 0 Å². The fraction of sp³-hybridized carbons (Fsp3) is 0.444. The predicted molar refractivity (Wildman–Crippen MR) is 106 cm³/mol. The first kappa shape index (κ1) is 18.6. The van der Waals surface area contributed by atoms with Gasteiger partial charge in [0.2, 0.25) is 0 Å². The molecule has 0 atom stereocenters. The number of hydrogen-bond acceptors (Lipinski definition) is 7. The largest absolute Gasteiger partial charge is 0.379 e. The second kappa shape index (κ2) is 8.98. The van der Waals surface area contributed by atoms with Crippen LogP contribution >= 0.6 is 11.3 Å². The number of carbonyl (C=O) groups excluding carboxylic acids is 1. The Hall–Kier alpha value is -2.16. The van der Waals surface area contributed by atoms with Gasteiger partial charge in [-0.1, -0.05) is 17.4 Å². The zero-order valence-electron chi connectivity index (χ0n) is 15.2. The number of anilines is 3. The van der Waals surface area contributed by atoms with Crippen molar-refractivity contribution < 1.29 is 9.53 Å². The average Bonchev–Trinajstić information content (AvgIpc) is 3.11. The van der Waals surface area contributed by atoms with Crippen molar-refractivity contribution in [3.05, 3.63) is 35.3 Å². The third-order valence-electron chi connectivity index (χ3n) is 4.16. The number of hydrogen-bond donors (Lipinski definition) is 2. The Balaban J connectivity index is 1.50. The molecule has 0 spiro atoms. The summed E-state index contributed by atoms with van der Waals surface area (Å²) in [5, 5.41) is 6.93. The van der Waals surface area contributed by atoms with Gasteiger partial charge in [0, 0.05) is 51.6 Å². The van der Waals surface area contributed by atoms with Crippen molar-refractivity contribution in [1.29, 1.82) is 0 Å². The minimum atomic E-state index is -0.0779. The number of thiazole rings is 1. The SMILES string of the molecule is CN(C)c1cccc(Nc2ncc(C(=O)NCCN3CCOCC3)s2)c1. The van der Waals surface area contributed by atoms with Gasteiger partial charge in [0.05, 0.1) is 19.4 Å². The number of nitrogens with zero attached hydrogens (tertiary/aromatic N) is 3. The lowest BCUT2D eigenvalue weighted by Crippen LogP contribution is -2.41. The van der Waals surface area contributed by atoms with Crippen LogP contribution in [0.15, 0.2) is 30.5 Å². The van der Waals surface area contributed by atoms with Gasteiger partial charge in [0.1, 0.15) is 4.88 Å². The van der Waals surface area contributed by atoms with E-state index in [2.05, 4.69) is 20.5 Å². The minimum absolute atomic E-state index is 0.0779. The number of morpholine rings is 1. The minimum Gasteiger partial charge on any atom is -0.379 e. The summed E-state index contributed by atoms with van der Waals surface area (Å²) in [6, 6.07) is 8.06. The van der Waals surface area contributed by atoms with Crippen LogP contribution in [0, 0.1) is 0 Å². The smallest absolute Gasteiger partial charge is 0.263 e. The summed E-state index contributed by atoms with van der Waals surface area (Å²) in [5.74, 6) is -0.0779. The highest BCUT2D eigenvalue weighted by Gasteiger charge is 2.13. The number of rotatable bonds is 7. The van der Waals surface area contributed by atoms with Gasteiger partial charge in [-0.25, -0.2) is 4.98 Å². The maximum absolute atomic E-state index is 12.3.